The molecule has 0 N–H and O–H groups in total. The van der Waals surface area contributed by atoms with Gasteiger partial charge in [-0.25, -0.2) is 12.8 Å². The van der Waals surface area contributed by atoms with Gasteiger partial charge in [-0.3, -0.25) is 4.79 Å². The smallest absolute Gasteiger partial charge is 0.238 e. The summed E-state index contributed by atoms with van der Waals surface area (Å²) in [5, 5.41) is 3.13. The van der Waals surface area contributed by atoms with Crippen LogP contribution in [-0.4, -0.2) is 36.6 Å². The van der Waals surface area contributed by atoms with Crippen LogP contribution < -0.4 is 0 Å². The highest BCUT2D eigenvalue weighted by molar-refractivity contribution is 7.92. The van der Waals surface area contributed by atoms with Crippen molar-refractivity contribution in [2.75, 3.05) is 13.1 Å². The maximum absolute atomic E-state index is 13.5. The molecule has 0 saturated carbocycles. The molecule has 0 radical (unpaired) electrons. The number of benzene rings is 2. The standard InChI is InChI=1S/C27H31FN2O3S2/c1-21(2)17-30(35(32,33)16-14-23-7-5-4-6-8-23)20-27(31)29(19-26-22(3)13-15-34-26)18-24-9-11-25(28)12-10-24/h4-16,21H,17-20H2,1-3H3. The van der Waals surface area contributed by atoms with Gasteiger partial charge in [0.2, 0.25) is 15.9 Å². The molecule has 1 amide bonds. The Hall–Kier alpha value is -2.81. The van der Waals surface area contributed by atoms with Crippen LogP contribution in [0.25, 0.3) is 6.08 Å². The van der Waals surface area contributed by atoms with E-state index in [-0.39, 0.29) is 37.3 Å². The molecule has 0 saturated heterocycles. The minimum absolute atomic E-state index is 0.0350. The first kappa shape index (κ1) is 26.8. The van der Waals surface area contributed by atoms with Crippen LogP contribution in [-0.2, 0) is 27.9 Å². The lowest BCUT2D eigenvalue weighted by Crippen LogP contribution is -2.43. The minimum atomic E-state index is -3.83. The van der Waals surface area contributed by atoms with E-state index in [0.717, 1.165) is 27.0 Å². The first-order valence-corrected chi connectivity index (χ1v) is 13.8. The molecule has 1 aromatic heterocycles. The molecule has 0 aliphatic rings. The largest absolute Gasteiger partial charge is 0.332 e. The van der Waals surface area contributed by atoms with Crippen LogP contribution in [0.5, 0.6) is 0 Å². The number of rotatable bonds is 11. The molecule has 8 heteroatoms. The van der Waals surface area contributed by atoms with E-state index in [2.05, 4.69) is 0 Å². The van der Waals surface area contributed by atoms with Gasteiger partial charge in [-0.2, -0.15) is 4.31 Å². The lowest BCUT2D eigenvalue weighted by Gasteiger charge is -2.27. The number of carbonyl (C=O) groups excluding carboxylic acids is 1. The van der Waals surface area contributed by atoms with Gasteiger partial charge in [0.25, 0.3) is 0 Å². The summed E-state index contributed by atoms with van der Waals surface area (Å²) in [5.74, 6) is -0.618. The first-order valence-electron chi connectivity index (χ1n) is 11.4. The number of thiophene rings is 1. The minimum Gasteiger partial charge on any atom is -0.332 e. The number of hydrogen-bond donors (Lipinski definition) is 0. The molecular formula is C27H31FN2O3S2. The quantitative estimate of drug-likeness (QED) is 0.331. The van der Waals surface area contributed by atoms with Gasteiger partial charge in [-0.1, -0.05) is 56.3 Å². The zero-order valence-electron chi connectivity index (χ0n) is 20.2. The Bertz CT molecular complexity index is 1240. The molecule has 0 fully saturated rings. The van der Waals surface area contributed by atoms with Crippen molar-refractivity contribution in [2.45, 2.75) is 33.9 Å². The molecular weight excluding hydrogens is 483 g/mol. The Labute approximate surface area is 211 Å². The van der Waals surface area contributed by atoms with Crippen molar-refractivity contribution < 1.29 is 17.6 Å². The Morgan fingerprint density at radius 1 is 1.03 bits per heavy atom. The summed E-state index contributed by atoms with van der Waals surface area (Å²) in [4.78, 5) is 16.2. The molecule has 0 unspecified atom stereocenters. The lowest BCUT2D eigenvalue weighted by molar-refractivity contribution is -0.132. The zero-order valence-corrected chi connectivity index (χ0v) is 21.9. The molecule has 0 spiro atoms. The summed E-state index contributed by atoms with van der Waals surface area (Å²) in [6.07, 6.45) is 1.54. The molecule has 35 heavy (non-hydrogen) atoms. The monoisotopic (exact) mass is 514 g/mol. The molecule has 0 aliphatic heterocycles. The van der Waals surface area contributed by atoms with Gasteiger partial charge in [0, 0.05) is 23.4 Å². The van der Waals surface area contributed by atoms with E-state index in [4.69, 9.17) is 0 Å². The van der Waals surface area contributed by atoms with Crippen molar-refractivity contribution in [3.63, 3.8) is 0 Å². The SMILES string of the molecule is Cc1ccsc1CN(Cc1ccc(F)cc1)C(=O)CN(CC(C)C)S(=O)(=O)C=Cc1ccccc1. The van der Waals surface area contributed by atoms with E-state index in [9.17, 15) is 17.6 Å². The van der Waals surface area contributed by atoms with E-state index in [1.807, 2.05) is 62.5 Å². The predicted octanol–water partition coefficient (Wildman–Crippen LogP) is 5.68. The normalized spacial score (nSPS) is 12.1. The fraction of sp³-hybridized carbons (Fsp3) is 0.296. The highest BCUT2D eigenvalue weighted by Gasteiger charge is 2.26. The molecule has 3 rings (SSSR count). The molecule has 186 valence electrons. The number of halogens is 1. The van der Waals surface area contributed by atoms with Crippen LogP contribution in [0.2, 0.25) is 0 Å². The fourth-order valence-electron chi connectivity index (χ4n) is 3.51. The molecule has 5 nitrogen and oxygen atoms in total. The third-order valence-electron chi connectivity index (χ3n) is 5.41. The van der Waals surface area contributed by atoms with Gasteiger partial charge in [-0.05, 0) is 59.2 Å². The number of carbonyl (C=O) groups is 1. The van der Waals surface area contributed by atoms with Crippen molar-refractivity contribution in [1.82, 2.24) is 9.21 Å². The van der Waals surface area contributed by atoms with Crippen molar-refractivity contribution in [3.8, 4) is 0 Å². The highest BCUT2D eigenvalue weighted by Crippen LogP contribution is 2.20. The molecule has 3 aromatic rings. The zero-order chi connectivity index (χ0) is 25.4. The van der Waals surface area contributed by atoms with Crippen LogP contribution in [0.15, 0.2) is 71.5 Å². The molecule has 0 aliphatic carbocycles. The van der Waals surface area contributed by atoms with Crippen LogP contribution in [0.1, 0.15) is 35.4 Å². The van der Waals surface area contributed by atoms with Crippen molar-refractivity contribution in [1.29, 1.82) is 0 Å². The Morgan fingerprint density at radius 2 is 1.71 bits per heavy atom. The summed E-state index contributed by atoms with van der Waals surface area (Å²) in [6.45, 7) is 6.37. The summed E-state index contributed by atoms with van der Waals surface area (Å²) in [6, 6.07) is 17.2. The summed E-state index contributed by atoms with van der Waals surface area (Å²) >= 11 is 1.55. The van der Waals surface area contributed by atoms with Crippen LogP contribution in [0.3, 0.4) is 0 Å². The van der Waals surface area contributed by atoms with Gasteiger partial charge in [0.05, 0.1) is 13.1 Å². The number of nitrogens with zero attached hydrogens (tertiary/aromatic N) is 2. The molecule has 0 bridgehead atoms. The molecule has 1 heterocycles. The van der Waals surface area contributed by atoms with E-state index in [0.29, 0.717) is 6.54 Å². The average Bonchev–Trinajstić information content (AvgIpc) is 3.23. The van der Waals surface area contributed by atoms with Gasteiger partial charge in [0.15, 0.2) is 0 Å². The van der Waals surface area contributed by atoms with Gasteiger partial charge >= 0.3 is 0 Å². The summed E-state index contributed by atoms with van der Waals surface area (Å²) in [7, 11) is -3.83. The van der Waals surface area contributed by atoms with E-state index in [1.165, 1.54) is 16.4 Å². The third-order valence-corrected chi connectivity index (χ3v) is 7.90. The number of amides is 1. The van der Waals surface area contributed by atoms with E-state index < -0.39 is 10.0 Å². The lowest BCUT2D eigenvalue weighted by atomic mass is 10.2. The second-order valence-electron chi connectivity index (χ2n) is 8.85. The van der Waals surface area contributed by atoms with Crippen LogP contribution in [0, 0.1) is 18.7 Å². The Kier molecular flexibility index (Phi) is 9.37. The second-order valence-corrected chi connectivity index (χ2v) is 11.7. The topological polar surface area (TPSA) is 57.7 Å². The predicted molar refractivity (Wildman–Crippen MR) is 141 cm³/mol. The third kappa shape index (κ3) is 8.13. The average molecular weight is 515 g/mol. The Balaban J connectivity index is 1.84. The maximum atomic E-state index is 13.5. The summed E-state index contributed by atoms with van der Waals surface area (Å²) < 4.78 is 41.0. The summed E-state index contributed by atoms with van der Waals surface area (Å²) in [5.41, 5.74) is 2.61. The van der Waals surface area contributed by atoms with E-state index >= 15 is 0 Å². The van der Waals surface area contributed by atoms with Crippen molar-refractivity contribution in [3.05, 3.63) is 98.8 Å². The molecule has 2 aromatic carbocycles. The molecule has 0 atom stereocenters. The fourth-order valence-corrected chi connectivity index (χ4v) is 5.73. The van der Waals surface area contributed by atoms with Gasteiger partial charge in [-0.15, -0.1) is 11.3 Å². The number of hydrogen-bond acceptors (Lipinski definition) is 4. The van der Waals surface area contributed by atoms with Crippen molar-refractivity contribution >= 4 is 33.3 Å². The second kappa shape index (κ2) is 12.2. The maximum Gasteiger partial charge on any atom is 0.238 e. The van der Waals surface area contributed by atoms with Crippen LogP contribution >= 0.6 is 11.3 Å². The number of sulfonamides is 1. The van der Waals surface area contributed by atoms with Gasteiger partial charge < -0.3 is 4.90 Å². The van der Waals surface area contributed by atoms with Crippen LogP contribution in [0.4, 0.5) is 4.39 Å². The van der Waals surface area contributed by atoms with Crippen molar-refractivity contribution in [2.24, 2.45) is 5.92 Å². The number of aryl methyl sites for hydroxylation is 1. The van der Waals surface area contributed by atoms with E-state index in [1.54, 1.807) is 34.4 Å². The highest BCUT2D eigenvalue weighted by atomic mass is 32.2. The van der Waals surface area contributed by atoms with Gasteiger partial charge in [0.1, 0.15) is 5.82 Å². The Morgan fingerprint density at radius 3 is 2.31 bits per heavy atom. The first-order chi connectivity index (χ1) is 16.6.